The van der Waals surface area contributed by atoms with E-state index in [1.54, 1.807) is 84.9 Å². The van der Waals surface area contributed by atoms with Gasteiger partial charge in [0.1, 0.15) is 12.7 Å². The summed E-state index contributed by atoms with van der Waals surface area (Å²) in [5.74, 6) is -4.54. The number of esters is 4. The van der Waals surface area contributed by atoms with E-state index in [1.807, 2.05) is 0 Å². The largest absolute Gasteiger partial charge is 0.493 e. The zero-order valence-electron chi connectivity index (χ0n) is 32.6. The van der Waals surface area contributed by atoms with Crippen LogP contribution in [0, 0.1) is 0 Å². The standard InChI is InChI=1S/C46H40O14/c1-28(41(47)48)24-29-25-34(53-2)37(35(26-29)54-3)60-46-40(59-45(52)33-22-14-7-15-23-33)39(58-44(51)32-20-12-6-13-21-32)38(57-43(50)31-18-10-5-11-19-31)36(56-46)27-55-42(49)30-16-8-4-9-17-30/h4-26,36,38-40,46H,27H2,1-3H3,(H,47,48)/t36-,38-,39+,40+,46-/m1/s1. The zero-order chi connectivity index (χ0) is 42.6. The molecule has 5 atom stereocenters. The molecule has 1 fully saturated rings. The average molecular weight is 817 g/mol. The van der Waals surface area contributed by atoms with Crippen molar-refractivity contribution in [1.29, 1.82) is 0 Å². The van der Waals surface area contributed by atoms with E-state index in [-0.39, 0.29) is 45.1 Å². The number of rotatable bonds is 15. The van der Waals surface area contributed by atoms with Crippen molar-refractivity contribution < 1.29 is 67.0 Å². The van der Waals surface area contributed by atoms with Crippen LogP contribution >= 0.6 is 0 Å². The molecule has 0 aliphatic carbocycles. The molecular formula is C46H40O14. The van der Waals surface area contributed by atoms with E-state index in [1.165, 1.54) is 75.8 Å². The van der Waals surface area contributed by atoms with Gasteiger partial charge >= 0.3 is 29.8 Å². The number of carbonyl (C=O) groups is 5. The van der Waals surface area contributed by atoms with Gasteiger partial charge in [0.25, 0.3) is 0 Å². The van der Waals surface area contributed by atoms with Crippen LogP contribution in [0.4, 0.5) is 0 Å². The first-order valence-corrected chi connectivity index (χ1v) is 18.6. The molecule has 0 aromatic heterocycles. The minimum absolute atomic E-state index is 0.0170. The summed E-state index contributed by atoms with van der Waals surface area (Å²) in [7, 11) is 2.67. The highest BCUT2D eigenvalue weighted by Crippen LogP contribution is 2.42. The summed E-state index contributed by atoms with van der Waals surface area (Å²) in [4.78, 5) is 66.6. The number of ether oxygens (including phenoxy) is 8. The minimum Gasteiger partial charge on any atom is -0.493 e. The van der Waals surface area contributed by atoms with E-state index >= 15 is 0 Å². The maximum absolute atomic E-state index is 14.0. The predicted octanol–water partition coefficient (Wildman–Crippen LogP) is 6.83. The van der Waals surface area contributed by atoms with Gasteiger partial charge < -0.3 is 43.0 Å². The number of aliphatic carboxylic acids is 1. The lowest BCUT2D eigenvalue weighted by atomic mass is 9.97. The molecule has 1 N–H and O–H groups in total. The normalized spacial score (nSPS) is 18.6. The minimum atomic E-state index is -1.72. The van der Waals surface area contributed by atoms with Crippen LogP contribution in [-0.4, -0.2) is 86.5 Å². The van der Waals surface area contributed by atoms with Crippen molar-refractivity contribution in [3.63, 3.8) is 0 Å². The quantitative estimate of drug-likeness (QED) is 0.0660. The lowest BCUT2D eigenvalue weighted by Crippen LogP contribution is -2.64. The molecule has 1 aliphatic rings. The van der Waals surface area contributed by atoms with Crippen LogP contribution in [0.15, 0.2) is 139 Å². The smallest absolute Gasteiger partial charge is 0.338 e. The number of hydrogen-bond donors (Lipinski definition) is 1. The second-order valence-electron chi connectivity index (χ2n) is 13.2. The molecule has 1 aliphatic heterocycles. The Morgan fingerprint density at radius 2 is 0.983 bits per heavy atom. The van der Waals surface area contributed by atoms with Crippen LogP contribution in [0.25, 0.3) is 6.08 Å². The second-order valence-corrected chi connectivity index (χ2v) is 13.2. The van der Waals surface area contributed by atoms with Gasteiger partial charge in [-0.05, 0) is 79.2 Å². The maximum Gasteiger partial charge on any atom is 0.338 e. The molecule has 0 radical (unpaired) electrons. The first-order chi connectivity index (χ1) is 29.1. The van der Waals surface area contributed by atoms with Crippen molar-refractivity contribution in [2.75, 3.05) is 20.8 Å². The molecule has 1 heterocycles. The van der Waals surface area contributed by atoms with Gasteiger partial charge in [-0.3, -0.25) is 0 Å². The van der Waals surface area contributed by atoms with Crippen molar-refractivity contribution in [2.45, 2.75) is 37.6 Å². The van der Waals surface area contributed by atoms with Gasteiger partial charge in [-0.2, -0.15) is 0 Å². The van der Waals surface area contributed by atoms with E-state index in [0.717, 1.165) is 0 Å². The third-order valence-corrected chi connectivity index (χ3v) is 9.17. The molecule has 1 saturated heterocycles. The molecular weight excluding hydrogens is 776 g/mol. The van der Waals surface area contributed by atoms with Crippen molar-refractivity contribution in [2.24, 2.45) is 0 Å². The van der Waals surface area contributed by atoms with Gasteiger partial charge in [-0.15, -0.1) is 0 Å². The Morgan fingerprint density at radius 3 is 1.40 bits per heavy atom. The van der Waals surface area contributed by atoms with Crippen molar-refractivity contribution >= 4 is 35.9 Å². The number of methoxy groups -OCH3 is 2. The highest BCUT2D eigenvalue weighted by Gasteiger charge is 2.54. The van der Waals surface area contributed by atoms with Gasteiger partial charge in [0, 0.05) is 5.57 Å². The third-order valence-electron chi connectivity index (χ3n) is 9.17. The van der Waals surface area contributed by atoms with Gasteiger partial charge in [0.2, 0.25) is 18.1 Å². The lowest BCUT2D eigenvalue weighted by molar-refractivity contribution is -0.275. The Labute approximate surface area is 344 Å². The second kappa shape index (κ2) is 19.8. The first kappa shape index (κ1) is 42.2. The van der Waals surface area contributed by atoms with E-state index in [2.05, 4.69) is 0 Å². The van der Waals surface area contributed by atoms with Crippen LogP contribution in [-0.2, 0) is 28.5 Å². The van der Waals surface area contributed by atoms with E-state index in [9.17, 15) is 29.1 Å². The Bertz CT molecular complexity index is 2290. The topological polar surface area (TPSA) is 179 Å². The third kappa shape index (κ3) is 10.3. The molecule has 5 aromatic rings. The molecule has 14 nitrogen and oxygen atoms in total. The molecule has 5 aromatic carbocycles. The Balaban J connectivity index is 1.49. The van der Waals surface area contributed by atoms with Gasteiger partial charge in [-0.25, -0.2) is 24.0 Å². The number of benzene rings is 5. The molecule has 0 saturated carbocycles. The van der Waals surface area contributed by atoms with Crippen molar-refractivity contribution in [3.05, 3.63) is 167 Å². The average Bonchev–Trinajstić information content (AvgIpc) is 3.28. The fourth-order valence-corrected chi connectivity index (χ4v) is 6.15. The Hall–Kier alpha value is -7.45. The Kier molecular flexibility index (Phi) is 13.9. The molecule has 60 heavy (non-hydrogen) atoms. The summed E-state index contributed by atoms with van der Waals surface area (Å²) < 4.78 is 48.3. The monoisotopic (exact) mass is 816 g/mol. The molecule has 14 heteroatoms. The molecule has 0 bridgehead atoms. The van der Waals surface area contributed by atoms with Crippen LogP contribution in [0.2, 0.25) is 0 Å². The summed E-state index contributed by atoms with van der Waals surface area (Å²) in [5.41, 5.74) is 0.954. The summed E-state index contributed by atoms with van der Waals surface area (Å²) in [5, 5.41) is 9.51. The fourth-order valence-electron chi connectivity index (χ4n) is 6.15. The lowest BCUT2D eigenvalue weighted by Gasteiger charge is -2.44. The van der Waals surface area contributed by atoms with Gasteiger partial charge in [0.05, 0.1) is 36.5 Å². The van der Waals surface area contributed by atoms with E-state index in [4.69, 9.17) is 37.9 Å². The fraction of sp³-hybridized carbons (Fsp3) is 0.196. The summed E-state index contributed by atoms with van der Waals surface area (Å²) in [6, 6.07) is 34.9. The van der Waals surface area contributed by atoms with Crippen molar-refractivity contribution in [1.82, 2.24) is 0 Å². The molecule has 6 rings (SSSR count). The van der Waals surface area contributed by atoms with Crippen LogP contribution in [0.5, 0.6) is 17.2 Å². The van der Waals surface area contributed by atoms with Gasteiger partial charge in [0.15, 0.2) is 23.7 Å². The van der Waals surface area contributed by atoms with Crippen LogP contribution in [0.3, 0.4) is 0 Å². The predicted molar refractivity (Wildman–Crippen MR) is 214 cm³/mol. The highest BCUT2D eigenvalue weighted by atomic mass is 16.7. The van der Waals surface area contributed by atoms with Crippen LogP contribution in [0.1, 0.15) is 53.9 Å². The van der Waals surface area contributed by atoms with E-state index in [0.29, 0.717) is 5.56 Å². The number of hydrogen-bond acceptors (Lipinski definition) is 13. The zero-order valence-corrected chi connectivity index (χ0v) is 32.6. The first-order valence-electron chi connectivity index (χ1n) is 18.6. The van der Waals surface area contributed by atoms with Crippen molar-refractivity contribution in [3.8, 4) is 17.2 Å². The summed E-state index contributed by atoms with van der Waals surface area (Å²) in [6.45, 7) is 0.835. The Morgan fingerprint density at radius 1 is 0.583 bits per heavy atom. The van der Waals surface area contributed by atoms with Crippen LogP contribution < -0.4 is 14.2 Å². The number of carboxylic acids is 1. The molecule has 0 amide bonds. The summed E-state index contributed by atoms with van der Waals surface area (Å²) in [6.07, 6.45) is -6.76. The summed E-state index contributed by atoms with van der Waals surface area (Å²) >= 11 is 0. The molecule has 308 valence electrons. The highest BCUT2D eigenvalue weighted by molar-refractivity contribution is 5.92. The SMILES string of the molecule is COc1cc(C=C(C)C(=O)O)cc(OC)c1O[C@H]1O[C@H](COC(=O)c2ccccc2)[C@@H](OC(=O)c2ccccc2)[C@H](OC(=O)c2ccccc2)[C@@H]1OC(=O)c1ccccc1. The molecule has 0 unspecified atom stereocenters. The number of carbonyl (C=O) groups excluding carboxylic acids is 4. The van der Waals surface area contributed by atoms with E-state index < -0.39 is 67.2 Å². The van der Waals surface area contributed by atoms with Gasteiger partial charge in [-0.1, -0.05) is 72.8 Å². The molecule has 0 spiro atoms. The number of carboxylic acid groups (broad SMARTS) is 1. The maximum atomic E-state index is 14.0.